The van der Waals surface area contributed by atoms with Crippen molar-refractivity contribution in [2.45, 2.75) is 0 Å². The standard InChI is InChI=1S/C46H29N3/c1-2-15-31(16-3-1)47-41-21-9-6-18-34(41)37-26-25-32(27-44(37)47)48-42-22-10-7-19-35(42)38-29-46-39(28-45(38)48)36-20-8-11-23-43(36)49(46)40-24-12-14-30-13-4-5-17-33(30)40/h1-29H. The molecule has 11 rings (SSSR count). The van der Waals surface area contributed by atoms with Gasteiger partial charge >= 0.3 is 0 Å². The normalized spacial score (nSPS) is 12.1. The highest BCUT2D eigenvalue weighted by Gasteiger charge is 2.20. The second-order valence-corrected chi connectivity index (χ2v) is 13.0. The van der Waals surface area contributed by atoms with Gasteiger partial charge in [0.2, 0.25) is 0 Å². The van der Waals surface area contributed by atoms with Crippen molar-refractivity contribution in [3.05, 3.63) is 176 Å². The molecule has 3 heterocycles. The van der Waals surface area contributed by atoms with E-state index in [2.05, 4.69) is 190 Å². The zero-order valence-electron chi connectivity index (χ0n) is 26.6. The van der Waals surface area contributed by atoms with Crippen LogP contribution >= 0.6 is 0 Å². The molecule has 0 saturated heterocycles. The van der Waals surface area contributed by atoms with Gasteiger partial charge in [-0.1, -0.05) is 115 Å². The summed E-state index contributed by atoms with van der Waals surface area (Å²) < 4.78 is 7.32. The lowest BCUT2D eigenvalue weighted by Gasteiger charge is -2.12. The van der Waals surface area contributed by atoms with Crippen LogP contribution in [0.25, 0.3) is 93.3 Å². The van der Waals surface area contributed by atoms with Crippen LogP contribution in [0.5, 0.6) is 0 Å². The quantitative estimate of drug-likeness (QED) is 0.186. The first-order valence-electron chi connectivity index (χ1n) is 16.9. The van der Waals surface area contributed by atoms with Gasteiger partial charge in [0.05, 0.1) is 38.8 Å². The molecule has 0 amide bonds. The molecule has 0 unspecified atom stereocenters. The van der Waals surface area contributed by atoms with E-state index < -0.39 is 0 Å². The van der Waals surface area contributed by atoms with E-state index in [1.807, 2.05) is 0 Å². The fourth-order valence-electron chi connectivity index (χ4n) is 8.32. The van der Waals surface area contributed by atoms with Crippen LogP contribution in [0, 0.1) is 0 Å². The number of para-hydroxylation sites is 4. The molecule has 11 aromatic rings. The van der Waals surface area contributed by atoms with E-state index in [0.29, 0.717) is 0 Å². The molecule has 0 spiro atoms. The van der Waals surface area contributed by atoms with Crippen LogP contribution < -0.4 is 0 Å². The van der Waals surface area contributed by atoms with Crippen LogP contribution in [0.3, 0.4) is 0 Å². The largest absolute Gasteiger partial charge is 0.309 e. The van der Waals surface area contributed by atoms with Crippen molar-refractivity contribution in [3.63, 3.8) is 0 Å². The van der Waals surface area contributed by atoms with Gasteiger partial charge in [-0.2, -0.15) is 0 Å². The van der Waals surface area contributed by atoms with Gasteiger partial charge in [-0.15, -0.1) is 0 Å². The zero-order chi connectivity index (χ0) is 32.1. The summed E-state index contributed by atoms with van der Waals surface area (Å²) in [5.41, 5.74) is 10.8. The minimum atomic E-state index is 1.15. The first-order chi connectivity index (χ1) is 24.3. The molecule has 0 atom stereocenters. The Balaban J connectivity index is 1.25. The Morgan fingerprint density at radius 2 is 0.714 bits per heavy atom. The third kappa shape index (κ3) is 3.67. The summed E-state index contributed by atoms with van der Waals surface area (Å²) in [7, 11) is 0. The Bertz CT molecular complexity index is 3090. The van der Waals surface area contributed by atoms with Gasteiger partial charge in [0.1, 0.15) is 0 Å². The van der Waals surface area contributed by atoms with Crippen molar-refractivity contribution in [3.8, 4) is 17.1 Å². The molecule has 0 bridgehead atoms. The molecule has 3 heteroatoms. The minimum Gasteiger partial charge on any atom is -0.309 e. The van der Waals surface area contributed by atoms with Crippen molar-refractivity contribution < 1.29 is 0 Å². The molecule has 0 saturated carbocycles. The molecule has 0 N–H and O–H groups in total. The molecule has 0 aliphatic carbocycles. The van der Waals surface area contributed by atoms with Gasteiger partial charge in [0.25, 0.3) is 0 Å². The van der Waals surface area contributed by atoms with Gasteiger partial charge in [-0.3, -0.25) is 0 Å². The van der Waals surface area contributed by atoms with Crippen LogP contribution in [0.2, 0.25) is 0 Å². The highest BCUT2D eigenvalue weighted by Crippen LogP contribution is 2.41. The fraction of sp³-hybridized carbons (Fsp3) is 0. The van der Waals surface area contributed by atoms with Gasteiger partial charge in [0.15, 0.2) is 0 Å². The monoisotopic (exact) mass is 623 g/mol. The van der Waals surface area contributed by atoms with E-state index in [1.54, 1.807) is 0 Å². The maximum absolute atomic E-state index is 2.46. The van der Waals surface area contributed by atoms with Gasteiger partial charge < -0.3 is 13.7 Å². The van der Waals surface area contributed by atoms with Gasteiger partial charge in [0, 0.05) is 49.1 Å². The molecule has 49 heavy (non-hydrogen) atoms. The van der Waals surface area contributed by atoms with Crippen LogP contribution in [0.15, 0.2) is 176 Å². The molecule has 3 nitrogen and oxygen atoms in total. The summed E-state index contributed by atoms with van der Waals surface area (Å²) in [5, 5.41) is 10.0. The molecule has 228 valence electrons. The molecule has 3 aromatic heterocycles. The second-order valence-electron chi connectivity index (χ2n) is 13.0. The number of hydrogen-bond acceptors (Lipinski definition) is 0. The van der Waals surface area contributed by atoms with E-state index in [1.165, 1.54) is 81.9 Å². The molecular weight excluding hydrogens is 595 g/mol. The third-order valence-corrected chi connectivity index (χ3v) is 10.4. The highest BCUT2D eigenvalue weighted by molar-refractivity contribution is 6.20. The highest BCUT2D eigenvalue weighted by atomic mass is 15.0. The molecule has 0 radical (unpaired) electrons. The average molecular weight is 624 g/mol. The summed E-state index contributed by atoms with van der Waals surface area (Å²) in [6.45, 7) is 0. The number of aromatic nitrogens is 3. The first-order valence-corrected chi connectivity index (χ1v) is 16.9. The van der Waals surface area contributed by atoms with Crippen LogP contribution in [-0.4, -0.2) is 13.7 Å². The Morgan fingerprint density at radius 3 is 1.41 bits per heavy atom. The molecule has 0 aliphatic heterocycles. The Labute approximate surface area is 282 Å². The van der Waals surface area contributed by atoms with Gasteiger partial charge in [-0.25, -0.2) is 0 Å². The van der Waals surface area contributed by atoms with E-state index in [-0.39, 0.29) is 0 Å². The lowest BCUT2D eigenvalue weighted by Crippen LogP contribution is -1.97. The number of benzene rings is 8. The molecular formula is C46H29N3. The smallest absolute Gasteiger partial charge is 0.0561 e. The lowest BCUT2D eigenvalue weighted by atomic mass is 10.1. The average Bonchev–Trinajstić information content (AvgIpc) is 3.79. The van der Waals surface area contributed by atoms with E-state index >= 15 is 0 Å². The number of rotatable bonds is 3. The minimum absolute atomic E-state index is 1.15. The number of nitrogens with zero attached hydrogens (tertiary/aromatic N) is 3. The van der Waals surface area contributed by atoms with Crippen molar-refractivity contribution >= 4 is 76.2 Å². The molecule has 0 fully saturated rings. The Morgan fingerprint density at radius 1 is 0.245 bits per heavy atom. The summed E-state index contributed by atoms with van der Waals surface area (Å²) in [6.07, 6.45) is 0. The fourth-order valence-corrected chi connectivity index (χ4v) is 8.32. The zero-order valence-corrected chi connectivity index (χ0v) is 26.6. The maximum Gasteiger partial charge on any atom is 0.0561 e. The van der Waals surface area contributed by atoms with E-state index in [0.717, 1.165) is 11.4 Å². The van der Waals surface area contributed by atoms with Crippen molar-refractivity contribution in [1.82, 2.24) is 13.7 Å². The van der Waals surface area contributed by atoms with Crippen molar-refractivity contribution in [1.29, 1.82) is 0 Å². The van der Waals surface area contributed by atoms with E-state index in [4.69, 9.17) is 0 Å². The molecule has 8 aromatic carbocycles. The summed E-state index contributed by atoms with van der Waals surface area (Å²) in [6, 6.07) is 64.2. The number of hydrogen-bond donors (Lipinski definition) is 0. The first kappa shape index (κ1) is 26.5. The summed E-state index contributed by atoms with van der Waals surface area (Å²) in [5.74, 6) is 0. The third-order valence-electron chi connectivity index (χ3n) is 10.4. The predicted octanol–water partition coefficient (Wildman–Crippen LogP) is 12.1. The van der Waals surface area contributed by atoms with Crippen LogP contribution in [-0.2, 0) is 0 Å². The predicted molar refractivity (Wildman–Crippen MR) is 207 cm³/mol. The van der Waals surface area contributed by atoms with Crippen molar-refractivity contribution in [2.75, 3.05) is 0 Å². The second kappa shape index (κ2) is 9.96. The topological polar surface area (TPSA) is 14.8 Å². The SMILES string of the molecule is c1ccc(-n2c3ccccc3c3ccc(-n4c5ccccc5c5cc6c(cc54)c4ccccc4n6-c4cccc5ccccc45)cc32)cc1. The lowest BCUT2D eigenvalue weighted by molar-refractivity contribution is 1.15. The molecule has 0 aliphatic rings. The van der Waals surface area contributed by atoms with Crippen molar-refractivity contribution in [2.24, 2.45) is 0 Å². The number of fused-ring (bicyclic) bond motifs is 10. The van der Waals surface area contributed by atoms with Gasteiger partial charge in [-0.05, 0) is 66.0 Å². The Kier molecular flexibility index (Phi) is 5.38. The van der Waals surface area contributed by atoms with Crippen LogP contribution in [0.4, 0.5) is 0 Å². The van der Waals surface area contributed by atoms with Crippen LogP contribution in [0.1, 0.15) is 0 Å². The summed E-state index contributed by atoms with van der Waals surface area (Å²) in [4.78, 5) is 0. The summed E-state index contributed by atoms with van der Waals surface area (Å²) >= 11 is 0. The maximum atomic E-state index is 2.46. The van der Waals surface area contributed by atoms with E-state index in [9.17, 15) is 0 Å². The Hall–Kier alpha value is -6.58.